The summed E-state index contributed by atoms with van der Waals surface area (Å²) in [5, 5.41) is 10.8. The first-order chi connectivity index (χ1) is 10.5. The van der Waals surface area contributed by atoms with Crippen molar-refractivity contribution in [2.45, 2.75) is 71.4 Å². The van der Waals surface area contributed by atoms with Crippen LogP contribution in [0.15, 0.2) is 6.07 Å². The number of aromatic nitrogens is 2. The van der Waals surface area contributed by atoms with Gasteiger partial charge in [0, 0.05) is 43.7 Å². The van der Waals surface area contributed by atoms with E-state index < -0.39 is 0 Å². The Hall–Kier alpha value is -1.36. The fraction of sp³-hybridized carbons (Fsp3) is 0.765. The Kier molecular flexibility index (Phi) is 6.43. The molecule has 1 aliphatic rings. The molecule has 0 spiro atoms. The molecule has 1 amide bonds. The van der Waals surface area contributed by atoms with Gasteiger partial charge in [0.25, 0.3) is 0 Å². The quantitative estimate of drug-likeness (QED) is 0.848. The highest BCUT2D eigenvalue weighted by Crippen LogP contribution is 2.12. The molecule has 5 heteroatoms. The van der Waals surface area contributed by atoms with Crippen LogP contribution in [0.2, 0.25) is 0 Å². The summed E-state index contributed by atoms with van der Waals surface area (Å²) in [6.45, 7) is 8.14. The largest absolute Gasteiger partial charge is 0.343 e. The zero-order valence-electron chi connectivity index (χ0n) is 14.2. The number of hydrogen-bond donors (Lipinski definition) is 2. The molecule has 0 radical (unpaired) electrons. The van der Waals surface area contributed by atoms with Gasteiger partial charge in [0.2, 0.25) is 5.91 Å². The van der Waals surface area contributed by atoms with Crippen LogP contribution in [0.1, 0.15) is 57.3 Å². The Balaban J connectivity index is 1.73. The lowest BCUT2D eigenvalue weighted by Crippen LogP contribution is -2.41. The van der Waals surface area contributed by atoms with Crippen LogP contribution in [-0.2, 0) is 11.2 Å². The number of rotatable bonds is 6. The number of H-pyrrole nitrogens is 1. The minimum Gasteiger partial charge on any atom is -0.343 e. The van der Waals surface area contributed by atoms with Gasteiger partial charge in [-0.25, -0.2) is 0 Å². The maximum absolute atomic E-state index is 12.4. The van der Waals surface area contributed by atoms with E-state index in [2.05, 4.69) is 35.4 Å². The number of carbonyl (C=O) groups is 1. The molecule has 2 rings (SSSR count). The van der Waals surface area contributed by atoms with Crippen molar-refractivity contribution in [1.29, 1.82) is 0 Å². The number of likely N-dealkylation sites (tertiary alicyclic amines) is 1. The second kappa shape index (κ2) is 8.32. The molecule has 2 N–H and O–H groups in total. The van der Waals surface area contributed by atoms with Crippen molar-refractivity contribution in [1.82, 2.24) is 20.4 Å². The lowest BCUT2D eigenvalue weighted by Gasteiger charge is -2.24. The van der Waals surface area contributed by atoms with Crippen LogP contribution in [0.3, 0.4) is 0 Å². The smallest absolute Gasteiger partial charge is 0.224 e. The monoisotopic (exact) mass is 306 g/mol. The average molecular weight is 306 g/mol. The van der Waals surface area contributed by atoms with E-state index in [1.54, 1.807) is 0 Å². The van der Waals surface area contributed by atoms with E-state index in [9.17, 15) is 4.79 Å². The number of carbonyl (C=O) groups excluding carboxylic acids is 1. The molecule has 0 unspecified atom stereocenters. The Bertz CT molecular complexity index is 463. The maximum Gasteiger partial charge on any atom is 0.224 e. The predicted octanol–water partition coefficient (Wildman–Crippen LogP) is 2.42. The highest BCUT2D eigenvalue weighted by molar-refractivity contribution is 5.76. The van der Waals surface area contributed by atoms with Gasteiger partial charge in [-0.1, -0.05) is 12.8 Å². The molecule has 1 saturated heterocycles. The van der Waals surface area contributed by atoms with Crippen molar-refractivity contribution < 1.29 is 4.79 Å². The predicted molar refractivity (Wildman–Crippen MR) is 88.8 cm³/mol. The van der Waals surface area contributed by atoms with Gasteiger partial charge in [0.1, 0.15) is 0 Å². The molecule has 2 heterocycles. The number of hydrogen-bond acceptors (Lipinski definition) is 3. The first kappa shape index (κ1) is 17.0. The Morgan fingerprint density at radius 2 is 1.95 bits per heavy atom. The molecule has 2 atom stereocenters. The SMILES string of the molecule is Cc1cc(C[C@H](C)N[C@H](C)CC(=O)N2CCCCCC2)n[nH]1. The van der Waals surface area contributed by atoms with E-state index in [1.165, 1.54) is 12.8 Å². The van der Waals surface area contributed by atoms with Gasteiger partial charge in [-0.05, 0) is 39.7 Å². The highest BCUT2D eigenvalue weighted by atomic mass is 16.2. The van der Waals surface area contributed by atoms with Gasteiger partial charge in [0.05, 0.1) is 5.69 Å². The zero-order valence-corrected chi connectivity index (χ0v) is 14.2. The zero-order chi connectivity index (χ0) is 15.9. The summed E-state index contributed by atoms with van der Waals surface area (Å²) in [4.78, 5) is 14.4. The van der Waals surface area contributed by atoms with E-state index in [1.807, 2.05) is 11.8 Å². The standard InChI is InChI=1S/C17H30N4O/c1-13(10-16-11-15(3)19-20-16)18-14(2)12-17(22)21-8-6-4-5-7-9-21/h11,13-14,18H,4-10,12H2,1-3H3,(H,19,20)/t13-,14+/m0/s1. The minimum atomic E-state index is 0.200. The van der Waals surface area contributed by atoms with Crippen molar-refractivity contribution in [3.63, 3.8) is 0 Å². The van der Waals surface area contributed by atoms with Gasteiger partial charge in [-0.15, -0.1) is 0 Å². The van der Waals surface area contributed by atoms with Crippen LogP contribution in [-0.4, -0.2) is 46.2 Å². The Labute approximate surface area is 133 Å². The molecule has 5 nitrogen and oxygen atoms in total. The summed E-state index contributed by atoms with van der Waals surface area (Å²) in [7, 11) is 0. The number of nitrogens with one attached hydrogen (secondary N) is 2. The molecule has 1 fully saturated rings. The average Bonchev–Trinajstić information content (AvgIpc) is 2.71. The second-order valence-corrected chi connectivity index (χ2v) is 6.71. The van der Waals surface area contributed by atoms with Crippen molar-refractivity contribution in [3.05, 3.63) is 17.5 Å². The lowest BCUT2D eigenvalue weighted by molar-refractivity contribution is -0.131. The van der Waals surface area contributed by atoms with Crippen LogP contribution < -0.4 is 5.32 Å². The molecule has 0 bridgehead atoms. The van der Waals surface area contributed by atoms with Gasteiger partial charge in [0.15, 0.2) is 0 Å². The molecule has 0 saturated carbocycles. The Morgan fingerprint density at radius 3 is 2.55 bits per heavy atom. The summed E-state index contributed by atoms with van der Waals surface area (Å²) >= 11 is 0. The first-order valence-electron chi connectivity index (χ1n) is 8.59. The van der Waals surface area contributed by atoms with Crippen LogP contribution in [0.25, 0.3) is 0 Å². The normalized spacial score (nSPS) is 18.8. The summed E-state index contributed by atoms with van der Waals surface area (Å²) in [6.07, 6.45) is 6.30. The molecule has 124 valence electrons. The molecule has 0 aromatic carbocycles. The van der Waals surface area contributed by atoms with Crippen molar-refractivity contribution in [2.75, 3.05) is 13.1 Å². The lowest BCUT2D eigenvalue weighted by atomic mass is 10.1. The third-order valence-electron chi connectivity index (χ3n) is 4.28. The third-order valence-corrected chi connectivity index (χ3v) is 4.28. The number of amides is 1. The number of nitrogens with zero attached hydrogens (tertiary/aromatic N) is 2. The van der Waals surface area contributed by atoms with E-state index in [0.717, 1.165) is 43.7 Å². The number of aryl methyl sites for hydroxylation is 1. The van der Waals surface area contributed by atoms with Gasteiger partial charge in [-0.2, -0.15) is 5.10 Å². The van der Waals surface area contributed by atoms with E-state index in [0.29, 0.717) is 18.4 Å². The highest BCUT2D eigenvalue weighted by Gasteiger charge is 2.19. The Morgan fingerprint density at radius 1 is 1.27 bits per heavy atom. The molecular formula is C17H30N4O. The first-order valence-corrected chi connectivity index (χ1v) is 8.59. The van der Waals surface area contributed by atoms with E-state index in [-0.39, 0.29) is 6.04 Å². The molecule has 22 heavy (non-hydrogen) atoms. The number of aromatic amines is 1. The molecule has 1 aromatic heterocycles. The van der Waals surface area contributed by atoms with Crippen LogP contribution in [0.4, 0.5) is 0 Å². The molecular weight excluding hydrogens is 276 g/mol. The second-order valence-electron chi connectivity index (χ2n) is 6.71. The van der Waals surface area contributed by atoms with Gasteiger partial charge < -0.3 is 10.2 Å². The van der Waals surface area contributed by atoms with Crippen LogP contribution >= 0.6 is 0 Å². The topological polar surface area (TPSA) is 61.0 Å². The van der Waals surface area contributed by atoms with Crippen LogP contribution in [0.5, 0.6) is 0 Å². The minimum absolute atomic E-state index is 0.200. The molecule has 0 aliphatic carbocycles. The molecule has 1 aliphatic heterocycles. The summed E-state index contributed by atoms with van der Waals surface area (Å²) in [6, 6.07) is 2.59. The van der Waals surface area contributed by atoms with Gasteiger partial charge in [-0.3, -0.25) is 9.89 Å². The third kappa shape index (κ3) is 5.44. The van der Waals surface area contributed by atoms with Crippen molar-refractivity contribution in [3.8, 4) is 0 Å². The summed E-state index contributed by atoms with van der Waals surface area (Å²) < 4.78 is 0. The summed E-state index contributed by atoms with van der Waals surface area (Å²) in [5.41, 5.74) is 2.16. The van der Waals surface area contributed by atoms with Gasteiger partial charge >= 0.3 is 0 Å². The summed E-state index contributed by atoms with van der Waals surface area (Å²) in [5.74, 6) is 0.296. The molecule has 1 aromatic rings. The van der Waals surface area contributed by atoms with Crippen molar-refractivity contribution >= 4 is 5.91 Å². The van der Waals surface area contributed by atoms with Crippen molar-refractivity contribution in [2.24, 2.45) is 0 Å². The van der Waals surface area contributed by atoms with E-state index in [4.69, 9.17) is 0 Å². The van der Waals surface area contributed by atoms with E-state index >= 15 is 0 Å². The van der Waals surface area contributed by atoms with Crippen LogP contribution in [0, 0.1) is 6.92 Å². The maximum atomic E-state index is 12.4. The fourth-order valence-corrected chi connectivity index (χ4v) is 3.21. The fourth-order valence-electron chi connectivity index (χ4n) is 3.21.